The zero-order chi connectivity index (χ0) is 12.5. The van der Waals surface area contributed by atoms with E-state index in [0.29, 0.717) is 24.5 Å². The number of carbonyl (C=O) groups is 1. The van der Waals surface area contributed by atoms with Gasteiger partial charge in [-0.15, -0.1) is 0 Å². The van der Waals surface area contributed by atoms with E-state index in [1.54, 1.807) is 25.1 Å². The van der Waals surface area contributed by atoms with Crippen LogP contribution in [0.3, 0.4) is 0 Å². The Labute approximate surface area is 98.9 Å². The van der Waals surface area contributed by atoms with Crippen LogP contribution >= 0.6 is 0 Å². The van der Waals surface area contributed by atoms with Gasteiger partial charge >= 0.3 is 5.97 Å². The Morgan fingerprint density at radius 1 is 1.41 bits per heavy atom. The fourth-order valence-corrected chi connectivity index (χ4v) is 1.97. The van der Waals surface area contributed by atoms with Crippen LogP contribution < -0.4 is 4.74 Å². The third-order valence-corrected chi connectivity index (χ3v) is 2.79. The Bertz CT molecular complexity index is 435. The van der Waals surface area contributed by atoms with Gasteiger partial charge in [-0.05, 0) is 13.0 Å². The second kappa shape index (κ2) is 4.35. The van der Waals surface area contributed by atoms with Crippen molar-refractivity contribution in [3.05, 3.63) is 29.3 Å². The van der Waals surface area contributed by atoms with Crippen molar-refractivity contribution >= 4 is 5.97 Å². The van der Waals surface area contributed by atoms with E-state index >= 15 is 0 Å². The first-order chi connectivity index (χ1) is 8.08. The van der Waals surface area contributed by atoms with E-state index in [9.17, 15) is 9.90 Å². The molecule has 92 valence electrons. The molecule has 1 aliphatic rings. The Morgan fingerprint density at radius 3 is 2.59 bits per heavy atom. The molecule has 0 radical (unpaired) electrons. The van der Waals surface area contributed by atoms with Gasteiger partial charge in [0, 0.05) is 5.56 Å². The lowest BCUT2D eigenvalue weighted by Gasteiger charge is -2.25. The highest BCUT2D eigenvalue weighted by Crippen LogP contribution is 2.36. The van der Waals surface area contributed by atoms with E-state index in [-0.39, 0.29) is 5.56 Å². The van der Waals surface area contributed by atoms with Crippen molar-refractivity contribution in [2.45, 2.75) is 12.7 Å². The molecule has 0 spiro atoms. The summed E-state index contributed by atoms with van der Waals surface area (Å²) in [5, 5.41) is 9.26. The smallest absolute Gasteiger partial charge is 0.339 e. The lowest BCUT2D eigenvalue weighted by molar-refractivity contribution is -0.150. The minimum absolute atomic E-state index is 0.0828. The van der Waals surface area contributed by atoms with Crippen molar-refractivity contribution < 1.29 is 24.1 Å². The summed E-state index contributed by atoms with van der Waals surface area (Å²) in [5.41, 5.74) is 0.557. The summed E-state index contributed by atoms with van der Waals surface area (Å²) in [6, 6.07) is 5.00. The maximum absolute atomic E-state index is 11.3. The van der Waals surface area contributed by atoms with Crippen molar-refractivity contribution in [2.75, 3.05) is 20.3 Å². The van der Waals surface area contributed by atoms with Gasteiger partial charge in [-0.25, -0.2) is 4.79 Å². The zero-order valence-corrected chi connectivity index (χ0v) is 9.73. The molecule has 1 N–H and O–H groups in total. The predicted molar refractivity (Wildman–Crippen MR) is 59.2 cm³/mol. The average Bonchev–Trinajstić information content (AvgIpc) is 2.76. The first kappa shape index (κ1) is 11.9. The number of methoxy groups -OCH3 is 1. The van der Waals surface area contributed by atoms with Crippen LogP contribution in [-0.2, 0) is 15.3 Å². The Morgan fingerprint density at radius 2 is 2.06 bits per heavy atom. The van der Waals surface area contributed by atoms with Crippen LogP contribution in [0.5, 0.6) is 5.75 Å². The van der Waals surface area contributed by atoms with Crippen LogP contribution in [0, 0.1) is 0 Å². The molecule has 1 heterocycles. The van der Waals surface area contributed by atoms with E-state index in [2.05, 4.69) is 0 Å². The summed E-state index contributed by atoms with van der Waals surface area (Å²) in [6.45, 7) is 2.61. The molecule has 17 heavy (non-hydrogen) atoms. The van der Waals surface area contributed by atoms with Crippen LogP contribution in [0.25, 0.3) is 0 Å². The first-order valence-electron chi connectivity index (χ1n) is 5.27. The molecule has 1 saturated heterocycles. The summed E-state index contributed by atoms with van der Waals surface area (Å²) < 4.78 is 16.0. The predicted octanol–water partition coefficient (Wildman–Crippen LogP) is 1.61. The van der Waals surface area contributed by atoms with Crippen molar-refractivity contribution in [1.29, 1.82) is 0 Å². The zero-order valence-electron chi connectivity index (χ0n) is 9.73. The maximum atomic E-state index is 11.3. The van der Waals surface area contributed by atoms with E-state index in [1.165, 1.54) is 7.11 Å². The highest BCUT2D eigenvalue weighted by Gasteiger charge is 2.37. The fraction of sp³-hybridized carbons (Fsp3) is 0.417. The van der Waals surface area contributed by atoms with Crippen LogP contribution in [0.15, 0.2) is 18.2 Å². The van der Waals surface area contributed by atoms with E-state index in [1.807, 2.05) is 0 Å². The van der Waals surface area contributed by atoms with Crippen molar-refractivity contribution in [1.82, 2.24) is 0 Å². The second-order valence-corrected chi connectivity index (χ2v) is 3.83. The molecule has 0 bridgehead atoms. The highest BCUT2D eigenvalue weighted by atomic mass is 16.7. The molecule has 0 aromatic heterocycles. The van der Waals surface area contributed by atoms with E-state index in [0.717, 1.165) is 0 Å². The summed E-state index contributed by atoms with van der Waals surface area (Å²) in [6.07, 6.45) is 0. The van der Waals surface area contributed by atoms with Gasteiger partial charge in [0.15, 0.2) is 5.79 Å². The van der Waals surface area contributed by atoms with Gasteiger partial charge in [0.25, 0.3) is 0 Å². The highest BCUT2D eigenvalue weighted by molar-refractivity contribution is 5.93. The number of benzene rings is 1. The summed E-state index contributed by atoms with van der Waals surface area (Å²) >= 11 is 0. The largest absolute Gasteiger partial charge is 0.496 e. The molecule has 0 amide bonds. The third-order valence-electron chi connectivity index (χ3n) is 2.79. The molecular weight excluding hydrogens is 224 g/mol. The third kappa shape index (κ3) is 1.99. The van der Waals surface area contributed by atoms with Gasteiger partial charge in [-0.2, -0.15) is 0 Å². The second-order valence-electron chi connectivity index (χ2n) is 3.83. The van der Waals surface area contributed by atoms with Crippen LogP contribution in [-0.4, -0.2) is 31.4 Å². The molecule has 1 fully saturated rings. The van der Waals surface area contributed by atoms with Crippen molar-refractivity contribution in [3.63, 3.8) is 0 Å². The Hall–Kier alpha value is -1.59. The standard InChI is InChI=1S/C12H14O5/c1-12(16-6-7-17-12)8-4-3-5-9(15-2)10(8)11(13)14/h3-5H,6-7H2,1-2H3,(H,13,14). The van der Waals surface area contributed by atoms with Crippen LogP contribution in [0.4, 0.5) is 0 Å². The summed E-state index contributed by atoms with van der Waals surface area (Å²) in [7, 11) is 1.43. The monoisotopic (exact) mass is 238 g/mol. The van der Waals surface area contributed by atoms with Crippen LogP contribution in [0.1, 0.15) is 22.8 Å². The molecule has 1 aromatic carbocycles. The quantitative estimate of drug-likeness (QED) is 0.866. The number of rotatable bonds is 3. The molecule has 0 saturated carbocycles. The lowest BCUT2D eigenvalue weighted by atomic mass is 9.99. The minimum atomic E-state index is -1.06. The van der Waals surface area contributed by atoms with Crippen molar-refractivity contribution in [3.8, 4) is 5.75 Å². The number of carboxylic acid groups (broad SMARTS) is 1. The topological polar surface area (TPSA) is 65.0 Å². The Kier molecular flexibility index (Phi) is 3.04. The lowest BCUT2D eigenvalue weighted by Crippen LogP contribution is -2.25. The molecule has 5 nitrogen and oxygen atoms in total. The molecule has 0 unspecified atom stereocenters. The number of hydrogen-bond donors (Lipinski definition) is 1. The fourth-order valence-electron chi connectivity index (χ4n) is 1.97. The minimum Gasteiger partial charge on any atom is -0.496 e. The molecule has 0 aliphatic carbocycles. The number of hydrogen-bond acceptors (Lipinski definition) is 4. The molecule has 0 atom stereocenters. The van der Waals surface area contributed by atoms with Crippen LogP contribution in [0.2, 0.25) is 0 Å². The molecule has 1 aromatic rings. The summed E-state index contributed by atoms with van der Waals surface area (Å²) in [4.78, 5) is 11.3. The maximum Gasteiger partial charge on any atom is 0.339 e. The molecule has 2 rings (SSSR count). The van der Waals surface area contributed by atoms with E-state index in [4.69, 9.17) is 14.2 Å². The number of aromatic carboxylic acids is 1. The summed E-state index contributed by atoms with van der Waals surface area (Å²) in [5.74, 6) is -1.77. The van der Waals surface area contributed by atoms with Crippen molar-refractivity contribution in [2.24, 2.45) is 0 Å². The van der Waals surface area contributed by atoms with Gasteiger partial charge < -0.3 is 19.3 Å². The van der Waals surface area contributed by atoms with Gasteiger partial charge in [-0.1, -0.05) is 12.1 Å². The number of carboxylic acids is 1. The first-order valence-corrected chi connectivity index (χ1v) is 5.27. The van der Waals surface area contributed by atoms with Gasteiger partial charge in [0.05, 0.1) is 20.3 Å². The Balaban J connectivity index is 2.56. The van der Waals surface area contributed by atoms with E-state index < -0.39 is 11.8 Å². The normalized spacial score (nSPS) is 18.0. The van der Waals surface area contributed by atoms with Gasteiger partial charge in [0.1, 0.15) is 11.3 Å². The average molecular weight is 238 g/mol. The molecule has 5 heteroatoms. The number of ether oxygens (including phenoxy) is 3. The molecular formula is C12H14O5. The SMILES string of the molecule is COc1cccc(C2(C)OCCO2)c1C(=O)O. The van der Waals surface area contributed by atoms with Gasteiger partial charge in [0.2, 0.25) is 0 Å². The molecule has 1 aliphatic heterocycles. The van der Waals surface area contributed by atoms with Gasteiger partial charge in [-0.3, -0.25) is 0 Å².